The van der Waals surface area contributed by atoms with E-state index in [2.05, 4.69) is 20.2 Å². The van der Waals surface area contributed by atoms with Gasteiger partial charge in [0.05, 0.1) is 38.8 Å². The van der Waals surface area contributed by atoms with Crippen molar-refractivity contribution < 1.29 is 14.7 Å². The van der Waals surface area contributed by atoms with Crippen LogP contribution in [0, 0.1) is 11.8 Å². The summed E-state index contributed by atoms with van der Waals surface area (Å²) in [4.78, 5) is 36.3. The molecule has 5 rings (SSSR count). The quantitative estimate of drug-likeness (QED) is 0.393. The van der Waals surface area contributed by atoms with E-state index in [0.29, 0.717) is 34.9 Å². The van der Waals surface area contributed by atoms with Gasteiger partial charge in [0.1, 0.15) is 0 Å². The molecule has 0 bridgehead atoms. The second-order valence-electron chi connectivity index (χ2n) is 9.32. The van der Waals surface area contributed by atoms with Crippen LogP contribution < -0.4 is 21.7 Å². The average Bonchev–Trinajstić information content (AvgIpc) is 3.60. The van der Waals surface area contributed by atoms with Crippen LogP contribution >= 0.6 is 11.3 Å². The van der Waals surface area contributed by atoms with Crippen LogP contribution in [0.3, 0.4) is 0 Å². The lowest BCUT2D eigenvalue weighted by Gasteiger charge is -2.40. The van der Waals surface area contributed by atoms with E-state index in [1.165, 1.54) is 11.3 Å². The number of thiophene rings is 1. The molecule has 3 atom stereocenters. The fourth-order valence-corrected chi connectivity index (χ4v) is 5.55. The van der Waals surface area contributed by atoms with Crippen molar-refractivity contribution in [3.8, 4) is 0 Å². The molecule has 1 saturated heterocycles. The van der Waals surface area contributed by atoms with E-state index >= 15 is 0 Å². The maximum atomic E-state index is 13.4. The minimum absolute atomic E-state index is 0.00496. The lowest BCUT2D eigenvalue weighted by Crippen LogP contribution is -2.55. The van der Waals surface area contributed by atoms with Gasteiger partial charge in [-0.1, -0.05) is 6.92 Å². The number of rotatable bonds is 6. The zero-order valence-corrected chi connectivity index (χ0v) is 19.7. The number of piperidine rings is 1. The first-order chi connectivity index (χ1) is 16.3. The molecule has 3 aromatic rings. The Morgan fingerprint density at radius 1 is 1.29 bits per heavy atom. The van der Waals surface area contributed by atoms with Gasteiger partial charge in [-0.05, 0) is 25.0 Å². The molecule has 4 heterocycles. The van der Waals surface area contributed by atoms with E-state index in [0.717, 1.165) is 28.8 Å². The number of nitrogens with one attached hydrogen (secondary N) is 1. The fourth-order valence-electron chi connectivity index (χ4n) is 4.56. The summed E-state index contributed by atoms with van der Waals surface area (Å²) < 4.78 is 0.755. The first-order valence-corrected chi connectivity index (χ1v) is 12.3. The molecule has 1 aliphatic heterocycles. The number of ketones is 1. The Labute approximate surface area is 201 Å². The van der Waals surface area contributed by atoms with Crippen LogP contribution in [0.4, 0.5) is 16.4 Å². The number of aliphatic hydroxyl groups is 1. The van der Waals surface area contributed by atoms with Crippen molar-refractivity contribution in [2.75, 3.05) is 29.0 Å². The number of Topliss-reactive ketones (excluding diaryl/α,β-unsaturated/α-hetero) is 1. The minimum atomic E-state index is -0.551. The molecular weight excluding hydrogens is 452 g/mol. The summed E-state index contributed by atoms with van der Waals surface area (Å²) in [5, 5.41) is 13.5. The number of anilines is 3. The minimum Gasteiger partial charge on any atom is -0.391 e. The third-order valence-corrected chi connectivity index (χ3v) is 7.54. The third-order valence-electron chi connectivity index (χ3n) is 6.58. The zero-order chi connectivity index (χ0) is 24.0. The SMILES string of the molecule is C[C@H]1CN(c2ccncc2CC(=O)c2c(N)sc3cc(NC(=O)C4CC4)cnc23)C[C@@H](N)[C@@H]1O. The summed E-state index contributed by atoms with van der Waals surface area (Å²) in [6.07, 6.45) is 6.37. The monoisotopic (exact) mass is 480 g/mol. The van der Waals surface area contributed by atoms with Gasteiger partial charge in [-0.25, -0.2) is 0 Å². The first kappa shape index (κ1) is 22.7. The molecule has 178 valence electrons. The van der Waals surface area contributed by atoms with Gasteiger partial charge >= 0.3 is 0 Å². The predicted octanol–water partition coefficient (Wildman–Crippen LogP) is 2.19. The van der Waals surface area contributed by atoms with Crippen LogP contribution in [-0.4, -0.2) is 52.0 Å². The summed E-state index contributed by atoms with van der Waals surface area (Å²) in [5.41, 5.74) is 15.6. The van der Waals surface area contributed by atoms with Gasteiger partial charge in [-0.2, -0.15) is 0 Å². The Morgan fingerprint density at radius 2 is 2.09 bits per heavy atom. The maximum absolute atomic E-state index is 13.4. The normalized spacial score (nSPS) is 22.7. The maximum Gasteiger partial charge on any atom is 0.227 e. The van der Waals surface area contributed by atoms with Gasteiger partial charge in [0, 0.05) is 61.0 Å². The molecule has 34 heavy (non-hydrogen) atoms. The lowest BCUT2D eigenvalue weighted by atomic mass is 9.92. The molecule has 3 aromatic heterocycles. The molecule has 0 unspecified atom stereocenters. The van der Waals surface area contributed by atoms with E-state index in [9.17, 15) is 14.7 Å². The Bertz CT molecular complexity index is 1240. The Morgan fingerprint density at radius 3 is 2.82 bits per heavy atom. The number of hydrogen-bond acceptors (Lipinski definition) is 9. The largest absolute Gasteiger partial charge is 0.391 e. The van der Waals surface area contributed by atoms with Crippen molar-refractivity contribution >= 4 is 49.6 Å². The van der Waals surface area contributed by atoms with Crippen LogP contribution in [0.25, 0.3) is 10.2 Å². The Balaban J connectivity index is 1.39. The van der Waals surface area contributed by atoms with Gasteiger partial charge in [-0.3, -0.25) is 19.6 Å². The third kappa shape index (κ3) is 4.36. The van der Waals surface area contributed by atoms with E-state index in [1.807, 2.05) is 19.1 Å². The van der Waals surface area contributed by atoms with Crippen molar-refractivity contribution in [2.45, 2.75) is 38.3 Å². The highest BCUT2D eigenvalue weighted by Gasteiger charge is 2.32. The van der Waals surface area contributed by atoms with E-state index in [4.69, 9.17) is 11.5 Å². The van der Waals surface area contributed by atoms with Crippen molar-refractivity contribution in [1.29, 1.82) is 0 Å². The average molecular weight is 481 g/mol. The highest BCUT2D eigenvalue weighted by molar-refractivity contribution is 7.23. The molecule has 2 fully saturated rings. The van der Waals surface area contributed by atoms with E-state index in [1.54, 1.807) is 18.6 Å². The number of fused-ring (bicyclic) bond motifs is 1. The summed E-state index contributed by atoms with van der Waals surface area (Å²) in [5.74, 6) is -0.0358. The van der Waals surface area contributed by atoms with Gasteiger partial charge in [0.25, 0.3) is 0 Å². The number of carbonyl (C=O) groups is 2. The second-order valence-corrected chi connectivity index (χ2v) is 10.4. The number of aliphatic hydroxyl groups excluding tert-OH is 1. The second kappa shape index (κ2) is 8.94. The van der Waals surface area contributed by atoms with Crippen molar-refractivity contribution in [3.05, 3.63) is 41.9 Å². The first-order valence-electron chi connectivity index (χ1n) is 11.5. The fraction of sp³-hybridized carbons (Fsp3) is 0.417. The van der Waals surface area contributed by atoms with Crippen LogP contribution in [0.5, 0.6) is 0 Å². The van der Waals surface area contributed by atoms with E-state index in [-0.39, 0.29) is 36.0 Å². The molecule has 9 nitrogen and oxygen atoms in total. The Kier molecular flexibility index (Phi) is 5.97. The van der Waals surface area contributed by atoms with Crippen LogP contribution in [0.2, 0.25) is 0 Å². The van der Waals surface area contributed by atoms with Crippen LogP contribution in [0.1, 0.15) is 35.7 Å². The van der Waals surface area contributed by atoms with Gasteiger partial charge in [-0.15, -0.1) is 11.3 Å². The number of hydrogen-bond donors (Lipinski definition) is 4. The Hall–Kier alpha value is -3.08. The highest BCUT2D eigenvalue weighted by Crippen LogP contribution is 2.36. The molecule has 0 aromatic carbocycles. The molecule has 1 saturated carbocycles. The van der Waals surface area contributed by atoms with Crippen molar-refractivity contribution in [3.63, 3.8) is 0 Å². The summed E-state index contributed by atoms with van der Waals surface area (Å²) in [7, 11) is 0. The molecule has 1 aliphatic carbocycles. The van der Waals surface area contributed by atoms with E-state index < -0.39 is 6.10 Å². The standard InChI is InChI=1S/C24H28N6O3S/c1-12-10-30(11-16(25)22(12)32)17-4-5-27-8-14(17)6-18(31)20-21-19(34-23(20)26)7-15(9-28-21)29-24(33)13-2-3-13/h4-5,7-9,12-13,16,22,32H,2-3,6,10-11,25-26H2,1H3,(H,29,33)/t12-,16+,22+/m0/s1. The number of carbonyl (C=O) groups excluding carboxylic acids is 2. The van der Waals surface area contributed by atoms with Gasteiger partial charge in [0.15, 0.2) is 5.78 Å². The molecule has 1 amide bonds. The molecule has 0 spiro atoms. The van der Waals surface area contributed by atoms with Crippen LogP contribution in [0.15, 0.2) is 30.7 Å². The number of nitrogens with two attached hydrogens (primary N) is 2. The van der Waals surface area contributed by atoms with Gasteiger partial charge in [0.2, 0.25) is 5.91 Å². The summed E-state index contributed by atoms with van der Waals surface area (Å²) in [6.45, 7) is 3.10. The molecular formula is C24H28N6O3S. The molecule has 2 aliphatic rings. The summed E-state index contributed by atoms with van der Waals surface area (Å²) in [6, 6.07) is 3.33. The van der Waals surface area contributed by atoms with Crippen LogP contribution in [-0.2, 0) is 11.2 Å². The predicted molar refractivity (Wildman–Crippen MR) is 133 cm³/mol. The molecule has 6 N–H and O–H groups in total. The van der Waals surface area contributed by atoms with Gasteiger partial charge < -0.3 is 26.8 Å². The number of pyridine rings is 2. The summed E-state index contributed by atoms with van der Waals surface area (Å²) >= 11 is 1.29. The van der Waals surface area contributed by atoms with Crippen molar-refractivity contribution in [1.82, 2.24) is 9.97 Å². The zero-order valence-electron chi connectivity index (χ0n) is 18.9. The molecule has 0 radical (unpaired) electrons. The smallest absolute Gasteiger partial charge is 0.227 e. The number of amides is 1. The topological polar surface area (TPSA) is 147 Å². The number of nitrogen functional groups attached to an aromatic ring is 1. The highest BCUT2D eigenvalue weighted by atomic mass is 32.1. The molecule has 10 heteroatoms. The number of nitrogens with zero attached hydrogens (tertiary/aromatic N) is 3. The van der Waals surface area contributed by atoms with Crippen molar-refractivity contribution in [2.24, 2.45) is 17.6 Å². The number of aromatic nitrogens is 2. The lowest BCUT2D eigenvalue weighted by molar-refractivity contribution is -0.117.